The highest BCUT2D eigenvalue weighted by Gasteiger charge is 2.19. The molecule has 0 aromatic heterocycles. The van der Waals surface area contributed by atoms with Gasteiger partial charge in [0.2, 0.25) is 5.62 Å². The number of aliphatic imine (C=N–C) groups is 1. The first kappa shape index (κ1) is 14.4. The fraction of sp³-hybridized carbons (Fsp3) is 0.875. The Morgan fingerprint density at radius 2 is 2.29 bits per heavy atom. The number of hydrogen-bond acceptors (Lipinski definition) is 4. The minimum atomic E-state index is -1.96. The molecule has 0 saturated carbocycles. The van der Waals surface area contributed by atoms with E-state index in [0.717, 1.165) is 6.42 Å². The SMILES string of the molecule is CCOP(=S)(NC=NC)SC(C)CC. The standard InChI is InChI=1S/C8H19N2OPS2/c1-5-8(3)14-12(13,11-6-2)10-7-9-4/h7-8H,5-6H2,1-4H3,(H,9,10,13). The van der Waals surface area contributed by atoms with E-state index in [9.17, 15) is 0 Å². The molecule has 0 bridgehead atoms. The summed E-state index contributed by atoms with van der Waals surface area (Å²) < 4.78 is 5.59. The number of rotatable bonds is 7. The summed E-state index contributed by atoms with van der Waals surface area (Å²) in [6.45, 7) is 6.92. The maximum atomic E-state index is 5.59. The summed E-state index contributed by atoms with van der Waals surface area (Å²) in [6, 6.07) is 0. The molecule has 2 atom stereocenters. The van der Waals surface area contributed by atoms with Crippen LogP contribution in [0.15, 0.2) is 4.99 Å². The minimum absolute atomic E-state index is 0.519. The van der Waals surface area contributed by atoms with Gasteiger partial charge in [0.15, 0.2) is 0 Å². The lowest BCUT2D eigenvalue weighted by Crippen LogP contribution is -2.10. The molecule has 0 aromatic rings. The van der Waals surface area contributed by atoms with Crippen molar-refractivity contribution in [3.05, 3.63) is 0 Å². The van der Waals surface area contributed by atoms with E-state index < -0.39 is 5.62 Å². The third-order valence-electron chi connectivity index (χ3n) is 1.54. The van der Waals surface area contributed by atoms with Crippen molar-refractivity contribution in [1.29, 1.82) is 0 Å². The van der Waals surface area contributed by atoms with E-state index in [1.165, 1.54) is 0 Å². The van der Waals surface area contributed by atoms with E-state index >= 15 is 0 Å². The van der Waals surface area contributed by atoms with Gasteiger partial charge in [0.1, 0.15) is 0 Å². The van der Waals surface area contributed by atoms with Crippen LogP contribution in [0, 0.1) is 0 Å². The van der Waals surface area contributed by atoms with Gasteiger partial charge in [-0.2, -0.15) is 0 Å². The average Bonchev–Trinajstić information content (AvgIpc) is 2.15. The molecule has 6 heteroatoms. The van der Waals surface area contributed by atoms with Crippen LogP contribution in [0.1, 0.15) is 27.2 Å². The summed E-state index contributed by atoms with van der Waals surface area (Å²) in [6.07, 6.45) is 2.73. The van der Waals surface area contributed by atoms with E-state index in [-0.39, 0.29) is 0 Å². The molecule has 14 heavy (non-hydrogen) atoms. The van der Waals surface area contributed by atoms with Crippen LogP contribution >= 0.6 is 17.0 Å². The zero-order chi connectivity index (χ0) is 11.0. The summed E-state index contributed by atoms with van der Waals surface area (Å²) in [5.74, 6) is 0. The van der Waals surface area contributed by atoms with Gasteiger partial charge < -0.3 is 9.61 Å². The minimum Gasteiger partial charge on any atom is -0.327 e. The van der Waals surface area contributed by atoms with E-state index in [4.69, 9.17) is 16.3 Å². The topological polar surface area (TPSA) is 33.6 Å². The number of nitrogens with one attached hydrogen (secondary N) is 1. The molecule has 0 aliphatic heterocycles. The summed E-state index contributed by atoms with van der Waals surface area (Å²) in [4.78, 5) is 3.87. The molecule has 0 spiro atoms. The monoisotopic (exact) mass is 254 g/mol. The maximum absolute atomic E-state index is 5.59. The Labute approximate surface area is 96.0 Å². The van der Waals surface area contributed by atoms with Gasteiger partial charge in [-0.15, -0.1) is 0 Å². The Bertz CT molecular complexity index is 223. The zero-order valence-corrected chi connectivity index (χ0v) is 11.7. The molecule has 0 saturated heterocycles. The van der Waals surface area contributed by atoms with E-state index in [2.05, 4.69) is 23.9 Å². The first-order chi connectivity index (χ1) is 6.58. The average molecular weight is 254 g/mol. The highest BCUT2D eigenvalue weighted by Crippen LogP contribution is 2.58. The van der Waals surface area contributed by atoms with Crippen molar-refractivity contribution in [2.45, 2.75) is 32.4 Å². The Hall–Kier alpha value is 0.430. The quantitative estimate of drug-likeness (QED) is 0.430. The van der Waals surface area contributed by atoms with Gasteiger partial charge in [-0.05, 0) is 25.2 Å². The van der Waals surface area contributed by atoms with Crippen molar-refractivity contribution in [3.8, 4) is 0 Å². The molecule has 1 N–H and O–H groups in total. The molecule has 84 valence electrons. The van der Waals surface area contributed by atoms with Gasteiger partial charge >= 0.3 is 0 Å². The number of hydrogen-bond donors (Lipinski definition) is 1. The maximum Gasteiger partial charge on any atom is 0.211 e. The van der Waals surface area contributed by atoms with Crippen molar-refractivity contribution in [2.24, 2.45) is 4.99 Å². The summed E-state index contributed by atoms with van der Waals surface area (Å²) in [5.41, 5.74) is -1.96. The summed E-state index contributed by atoms with van der Waals surface area (Å²) in [5, 5.41) is 3.61. The molecule has 2 unspecified atom stereocenters. The van der Waals surface area contributed by atoms with Crippen molar-refractivity contribution < 1.29 is 4.52 Å². The van der Waals surface area contributed by atoms with Crippen LogP contribution in [0.3, 0.4) is 0 Å². The first-order valence-corrected chi connectivity index (χ1v) is 8.89. The van der Waals surface area contributed by atoms with Crippen LogP contribution in [-0.4, -0.2) is 25.2 Å². The molecule has 0 heterocycles. The van der Waals surface area contributed by atoms with Crippen molar-refractivity contribution in [1.82, 2.24) is 5.09 Å². The van der Waals surface area contributed by atoms with Crippen LogP contribution in [0.25, 0.3) is 0 Å². The van der Waals surface area contributed by atoms with E-state index in [0.29, 0.717) is 11.9 Å². The van der Waals surface area contributed by atoms with Gasteiger partial charge in [-0.1, -0.05) is 25.2 Å². The van der Waals surface area contributed by atoms with Crippen LogP contribution < -0.4 is 5.09 Å². The van der Waals surface area contributed by atoms with Crippen LogP contribution in [-0.2, 0) is 16.3 Å². The largest absolute Gasteiger partial charge is 0.327 e. The summed E-state index contributed by atoms with van der Waals surface area (Å²) >= 11 is 7.17. The molecular weight excluding hydrogens is 235 g/mol. The van der Waals surface area contributed by atoms with Gasteiger partial charge in [0, 0.05) is 12.3 Å². The predicted molar refractivity (Wildman–Crippen MR) is 70.8 cm³/mol. The molecule has 0 aromatic carbocycles. The molecular formula is C8H19N2OPS2. The third-order valence-corrected chi connectivity index (χ3v) is 7.49. The highest BCUT2D eigenvalue weighted by atomic mass is 32.9. The van der Waals surface area contributed by atoms with Crippen molar-refractivity contribution in [3.63, 3.8) is 0 Å². The van der Waals surface area contributed by atoms with Crippen LogP contribution in [0.2, 0.25) is 0 Å². The van der Waals surface area contributed by atoms with Gasteiger partial charge in [0.25, 0.3) is 0 Å². The fourth-order valence-electron chi connectivity index (χ4n) is 0.708. The predicted octanol–water partition coefficient (Wildman–Crippen LogP) is 3.03. The Morgan fingerprint density at radius 3 is 2.71 bits per heavy atom. The van der Waals surface area contributed by atoms with E-state index in [1.54, 1.807) is 24.8 Å². The summed E-state index contributed by atoms with van der Waals surface area (Å²) in [7, 11) is 1.71. The lowest BCUT2D eigenvalue weighted by atomic mass is 10.4. The number of nitrogens with zero attached hydrogens (tertiary/aromatic N) is 1. The van der Waals surface area contributed by atoms with Gasteiger partial charge in [-0.25, -0.2) is 0 Å². The highest BCUT2D eigenvalue weighted by molar-refractivity contribution is 8.69. The second-order valence-electron chi connectivity index (χ2n) is 2.76. The van der Waals surface area contributed by atoms with Crippen molar-refractivity contribution >= 4 is 35.1 Å². The molecule has 0 amide bonds. The first-order valence-electron chi connectivity index (χ1n) is 4.69. The Kier molecular flexibility index (Phi) is 7.92. The van der Waals surface area contributed by atoms with Crippen LogP contribution in [0.4, 0.5) is 0 Å². The zero-order valence-electron chi connectivity index (χ0n) is 9.19. The lowest BCUT2D eigenvalue weighted by molar-refractivity contribution is 0.383. The van der Waals surface area contributed by atoms with Gasteiger partial charge in [-0.3, -0.25) is 4.99 Å². The van der Waals surface area contributed by atoms with Crippen LogP contribution in [0.5, 0.6) is 0 Å². The van der Waals surface area contributed by atoms with Gasteiger partial charge in [0.05, 0.1) is 12.9 Å². The smallest absolute Gasteiger partial charge is 0.211 e. The Balaban J connectivity index is 4.30. The molecule has 0 fully saturated rings. The second kappa shape index (κ2) is 7.69. The fourth-order valence-corrected chi connectivity index (χ4v) is 6.60. The third kappa shape index (κ3) is 6.02. The van der Waals surface area contributed by atoms with E-state index in [1.807, 2.05) is 6.92 Å². The molecule has 3 nitrogen and oxygen atoms in total. The normalized spacial score (nSPS) is 18.0. The second-order valence-corrected chi connectivity index (χ2v) is 9.69. The molecule has 0 radical (unpaired) electrons. The van der Waals surface area contributed by atoms with Crippen molar-refractivity contribution in [2.75, 3.05) is 13.7 Å². The molecule has 0 rings (SSSR count). The molecule has 0 aliphatic carbocycles. The lowest BCUT2D eigenvalue weighted by Gasteiger charge is -2.23. The Morgan fingerprint density at radius 1 is 1.64 bits per heavy atom. The molecule has 0 aliphatic rings.